The molecule has 0 spiro atoms. The predicted molar refractivity (Wildman–Crippen MR) is 92.5 cm³/mol. The third kappa shape index (κ3) is 4.50. The van der Waals surface area contributed by atoms with E-state index in [4.69, 9.17) is 11.6 Å². The molecule has 0 aliphatic rings. The first kappa shape index (κ1) is 16.9. The van der Waals surface area contributed by atoms with Gasteiger partial charge in [0.15, 0.2) is 0 Å². The number of rotatable bonds is 5. The number of aliphatic hydroxyl groups is 1. The lowest BCUT2D eigenvalue weighted by Gasteiger charge is -2.14. The lowest BCUT2D eigenvalue weighted by molar-refractivity contribution is -0.115. The zero-order valence-corrected chi connectivity index (χ0v) is 14.0. The smallest absolute Gasteiger partial charge is 0.237 e. The minimum atomic E-state index is -0.238. The summed E-state index contributed by atoms with van der Waals surface area (Å²) in [6, 6.07) is 12.9. The summed E-state index contributed by atoms with van der Waals surface area (Å²) in [4.78, 5) is 13.3. The van der Waals surface area contributed by atoms with Gasteiger partial charge in [-0.1, -0.05) is 23.7 Å². The van der Waals surface area contributed by atoms with Crippen molar-refractivity contribution < 1.29 is 9.90 Å². The molecule has 1 amide bonds. The molecule has 0 aliphatic carbocycles. The highest BCUT2D eigenvalue weighted by molar-refractivity contribution is 8.00. The van der Waals surface area contributed by atoms with E-state index in [0.717, 1.165) is 21.7 Å². The molecule has 0 radical (unpaired) electrons. The van der Waals surface area contributed by atoms with Gasteiger partial charge in [0.05, 0.1) is 11.9 Å². The van der Waals surface area contributed by atoms with Crippen molar-refractivity contribution in [1.29, 1.82) is 0 Å². The van der Waals surface area contributed by atoms with Gasteiger partial charge in [-0.2, -0.15) is 0 Å². The number of thioether (sulfide) groups is 1. The highest BCUT2D eigenvalue weighted by Crippen LogP contribution is 2.26. The zero-order chi connectivity index (χ0) is 16.1. The Morgan fingerprint density at radius 1 is 1.27 bits per heavy atom. The molecule has 2 rings (SSSR count). The highest BCUT2D eigenvalue weighted by atomic mass is 35.5. The lowest BCUT2D eigenvalue weighted by Crippen LogP contribution is -2.22. The van der Waals surface area contributed by atoms with E-state index in [9.17, 15) is 9.90 Å². The normalized spacial score (nSPS) is 12.0. The summed E-state index contributed by atoms with van der Waals surface area (Å²) in [7, 11) is 0. The Labute approximate surface area is 139 Å². The SMILES string of the molecule is Cc1ccc(CO)cc1NC(=O)C(C)Sc1ccc(Cl)cc1. The van der Waals surface area contributed by atoms with Crippen LogP contribution >= 0.6 is 23.4 Å². The summed E-state index contributed by atoms with van der Waals surface area (Å²) in [5.41, 5.74) is 2.48. The third-order valence-corrected chi connectivity index (χ3v) is 4.60. The molecule has 0 saturated carbocycles. The maximum absolute atomic E-state index is 12.3. The third-order valence-electron chi connectivity index (χ3n) is 3.24. The predicted octanol–water partition coefficient (Wildman–Crippen LogP) is 4.26. The Bertz CT molecular complexity index is 658. The van der Waals surface area contributed by atoms with Crippen LogP contribution in [0.4, 0.5) is 5.69 Å². The van der Waals surface area contributed by atoms with Crippen molar-refractivity contribution in [3.8, 4) is 0 Å². The van der Waals surface area contributed by atoms with Crippen molar-refractivity contribution in [1.82, 2.24) is 0 Å². The van der Waals surface area contributed by atoms with Crippen LogP contribution in [0, 0.1) is 6.92 Å². The number of anilines is 1. The number of halogens is 1. The lowest BCUT2D eigenvalue weighted by atomic mass is 10.1. The average molecular weight is 336 g/mol. The summed E-state index contributed by atoms with van der Waals surface area (Å²) < 4.78 is 0. The number of carbonyl (C=O) groups excluding carboxylic acids is 1. The quantitative estimate of drug-likeness (QED) is 0.803. The van der Waals surface area contributed by atoms with Gasteiger partial charge in [0.2, 0.25) is 5.91 Å². The van der Waals surface area contributed by atoms with E-state index in [0.29, 0.717) is 5.02 Å². The monoisotopic (exact) mass is 335 g/mol. The fraction of sp³-hybridized carbons (Fsp3) is 0.235. The van der Waals surface area contributed by atoms with Gasteiger partial charge in [-0.25, -0.2) is 0 Å². The van der Waals surface area contributed by atoms with E-state index in [2.05, 4.69) is 5.32 Å². The molecule has 0 aromatic heterocycles. The molecule has 0 bridgehead atoms. The molecule has 0 aliphatic heterocycles. The van der Waals surface area contributed by atoms with Crippen LogP contribution in [0.3, 0.4) is 0 Å². The molecule has 1 atom stereocenters. The maximum atomic E-state index is 12.3. The molecule has 1 unspecified atom stereocenters. The average Bonchev–Trinajstić information content (AvgIpc) is 2.51. The standard InChI is InChI=1S/C17H18ClNO2S/c1-11-3-4-13(10-20)9-16(11)19-17(21)12(2)22-15-7-5-14(18)6-8-15/h3-9,12,20H,10H2,1-2H3,(H,19,21). The van der Waals surface area contributed by atoms with Gasteiger partial charge < -0.3 is 10.4 Å². The van der Waals surface area contributed by atoms with Crippen molar-refractivity contribution in [2.75, 3.05) is 5.32 Å². The number of amides is 1. The van der Waals surface area contributed by atoms with E-state index in [1.54, 1.807) is 6.07 Å². The molecule has 22 heavy (non-hydrogen) atoms. The zero-order valence-electron chi connectivity index (χ0n) is 12.5. The molecule has 0 fully saturated rings. The van der Waals surface area contributed by atoms with Crippen molar-refractivity contribution in [3.05, 3.63) is 58.6 Å². The number of benzene rings is 2. The first-order valence-electron chi connectivity index (χ1n) is 6.93. The molecule has 0 heterocycles. The first-order chi connectivity index (χ1) is 10.5. The summed E-state index contributed by atoms with van der Waals surface area (Å²) in [5, 5.41) is 12.5. The maximum Gasteiger partial charge on any atom is 0.237 e. The Hall–Kier alpha value is -1.49. The van der Waals surface area contributed by atoms with Crippen molar-refractivity contribution in [2.45, 2.75) is 30.6 Å². The summed E-state index contributed by atoms with van der Waals surface area (Å²) >= 11 is 7.33. The number of aryl methyl sites for hydroxylation is 1. The number of hydrogen-bond donors (Lipinski definition) is 2. The molecule has 0 saturated heterocycles. The molecule has 2 aromatic carbocycles. The highest BCUT2D eigenvalue weighted by Gasteiger charge is 2.15. The van der Waals surface area contributed by atoms with E-state index in [1.807, 2.05) is 50.2 Å². The van der Waals surface area contributed by atoms with Gasteiger partial charge in [-0.15, -0.1) is 11.8 Å². The van der Waals surface area contributed by atoms with Crippen LogP contribution in [0.2, 0.25) is 5.02 Å². The van der Waals surface area contributed by atoms with Gasteiger partial charge >= 0.3 is 0 Å². The molecule has 5 heteroatoms. The van der Waals surface area contributed by atoms with Gasteiger partial charge in [-0.05, 0) is 55.3 Å². The fourth-order valence-corrected chi connectivity index (χ4v) is 2.90. The summed E-state index contributed by atoms with van der Waals surface area (Å²) in [6.45, 7) is 3.74. The first-order valence-corrected chi connectivity index (χ1v) is 8.19. The van der Waals surface area contributed by atoms with E-state index in [1.165, 1.54) is 11.8 Å². The second-order valence-corrected chi connectivity index (χ2v) is 6.86. The second kappa shape index (κ2) is 7.68. The van der Waals surface area contributed by atoms with E-state index < -0.39 is 0 Å². The Kier molecular flexibility index (Phi) is 5.89. The van der Waals surface area contributed by atoms with Crippen LogP contribution in [0.5, 0.6) is 0 Å². The Morgan fingerprint density at radius 3 is 2.59 bits per heavy atom. The van der Waals surface area contributed by atoms with Crippen molar-refractivity contribution in [2.24, 2.45) is 0 Å². The van der Waals surface area contributed by atoms with Crippen LogP contribution in [0.1, 0.15) is 18.1 Å². The van der Waals surface area contributed by atoms with Crippen LogP contribution < -0.4 is 5.32 Å². The van der Waals surface area contributed by atoms with Crippen LogP contribution in [0.25, 0.3) is 0 Å². The van der Waals surface area contributed by atoms with Gasteiger partial charge in [-0.3, -0.25) is 4.79 Å². The van der Waals surface area contributed by atoms with Crippen LogP contribution in [-0.2, 0) is 11.4 Å². The van der Waals surface area contributed by atoms with Gasteiger partial charge in [0, 0.05) is 15.6 Å². The minimum absolute atomic E-state index is 0.0434. The Morgan fingerprint density at radius 2 is 1.95 bits per heavy atom. The number of aliphatic hydroxyl groups excluding tert-OH is 1. The molecular weight excluding hydrogens is 318 g/mol. The van der Waals surface area contributed by atoms with Gasteiger partial charge in [0.1, 0.15) is 0 Å². The van der Waals surface area contributed by atoms with Crippen molar-refractivity contribution >= 4 is 35.0 Å². The second-order valence-electron chi connectivity index (χ2n) is 5.01. The number of nitrogens with one attached hydrogen (secondary N) is 1. The largest absolute Gasteiger partial charge is 0.392 e. The van der Waals surface area contributed by atoms with Crippen molar-refractivity contribution in [3.63, 3.8) is 0 Å². The van der Waals surface area contributed by atoms with E-state index in [-0.39, 0.29) is 17.8 Å². The molecule has 2 aromatic rings. The fourth-order valence-electron chi connectivity index (χ4n) is 1.91. The summed E-state index contributed by atoms with van der Waals surface area (Å²) in [6.07, 6.45) is 0. The van der Waals surface area contributed by atoms with Crippen LogP contribution in [0.15, 0.2) is 47.4 Å². The van der Waals surface area contributed by atoms with Gasteiger partial charge in [0.25, 0.3) is 0 Å². The number of hydrogen-bond acceptors (Lipinski definition) is 3. The molecular formula is C17H18ClNO2S. The molecule has 116 valence electrons. The topological polar surface area (TPSA) is 49.3 Å². The minimum Gasteiger partial charge on any atom is -0.392 e. The summed E-state index contributed by atoms with van der Waals surface area (Å²) in [5.74, 6) is -0.0712. The van der Waals surface area contributed by atoms with E-state index >= 15 is 0 Å². The molecule has 3 nitrogen and oxygen atoms in total. The Balaban J connectivity index is 2.03. The van der Waals surface area contributed by atoms with Crippen LogP contribution in [-0.4, -0.2) is 16.3 Å². The number of carbonyl (C=O) groups is 1. The molecule has 2 N–H and O–H groups in total.